The van der Waals surface area contributed by atoms with E-state index in [0.29, 0.717) is 12.8 Å². The third-order valence-corrected chi connectivity index (χ3v) is 3.85. The molecule has 0 atom stereocenters. The molecule has 0 amide bonds. The van der Waals surface area contributed by atoms with Crippen molar-refractivity contribution in [2.75, 3.05) is 6.26 Å². The molecule has 1 aliphatic rings. The summed E-state index contributed by atoms with van der Waals surface area (Å²) in [5.74, 6) is -0.810. The highest BCUT2D eigenvalue weighted by atomic mass is 32.2. The van der Waals surface area contributed by atoms with Crippen LogP contribution in [0.3, 0.4) is 0 Å². The first-order chi connectivity index (χ1) is 8.33. The largest absolute Gasteiger partial charge is 0.481 e. The van der Waals surface area contributed by atoms with Crippen molar-refractivity contribution in [3.05, 3.63) is 35.4 Å². The lowest BCUT2D eigenvalue weighted by Gasteiger charge is -2.11. The van der Waals surface area contributed by atoms with Crippen molar-refractivity contribution in [3.8, 4) is 0 Å². The molecule has 0 unspecified atom stereocenters. The highest BCUT2D eigenvalue weighted by molar-refractivity contribution is 7.88. The minimum Gasteiger partial charge on any atom is -0.481 e. The van der Waals surface area contributed by atoms with Crippen LogP contribution in [0.25, 0.3) is 0 Å². The summed E-state index contributed by atoms with van der Waals surface area (Å²) in [6, 6.07) is 7.08. The van der Waals surface area contributed by atoms with Crippen LogP contribution >= 0.6 is 0 Å². The highest BCUT2D eigenvalue weighted by Crippen LogP contribution is 2.48. The van der Waals surface area contributed by atoms with E-state index in [2.05, 4.69) is 4.72 Å². The standard InChI is InChI=1S/C12H15NO4S/c1-18(16,17)13-8-9-3-2-4-10(7-9)12(5-6-12)11(14)15/h2-4,7,13H,5-6,8H2,1H3,(H,14,15). The van der Waals surface area contributed by atoms with Crippen LogP contribution in [0.4, 0.5) is 0 Å². The van der Waals surface area contributed by atoms with Gasteiger partial charge in [0.2, 0.25) is 10.0 Å². The molecule has 1 aliphatic carbocycles. The molecule has 2 N–H and O–H groups in total. The van der Waals surface area contributed by atoms with E-state index < -0.39 is 21.4 Å². The van der Waals surface area contributed by atoms with Crippen LogP contribution in [0.15, 0.2) is 24.3 Å². The highest BCUT2D eigenvalue weighted by Gasteiger charge is 2.51. The van der Waals surface area contributed by atoms with Gasteiger partial charge in [0.1, 0.15) is 0 Å². The first kappa shape index (κ1) is 13.0. The Morgan fingerprint density at radius 2 is 2.11 bits per heavy atom. The maximum atomic E-state index is 11.2. The van der Waals surface area contributed by atoms with E-state index >= 15 is 0 Å². The van der Waals surface area contributed by atoms with Crippen molar-refractivity contribution in [2.24, 2.45) is 0 Å². The van der Waals surface area contributed by atoms with Gasteiger partial charge in [-0.3, -0.25) is 4.79 Å². The molecule has 1 saturated carbocycles. The van der Waals surface area contributed by atoms with Gasteiger partial charge in [-0.25, -0.2) is 13.1 Å². The molecular formula is C12H15NO4S. The third-order valence-electron chi connectivity index (χ3n) is 3.18. The maximum Gasteiger partial charge on any atom is 0.314 e. The first-order valence-electron chi connectivity index (χ1n) is 5.61. The van der Waals surface area contributed by atoms with Gasteiger partial charge in [0.25, 0.3) is 0 Å². The Balaban J connectivity index is 2.19. The van der Waals surface area contributed by atoms with Crippen molar-refractivity contribution in [1.82, 2.24) is 4.72 Å². The van der Waals surface area contributed by atoms with Crippen LogP contribution in [0.5, 0.6) is 0 Å². The summed E-state index contributed by atoms with van der Waals surface area (Å²) in [6.07, 6.45) is 2.38. The van der Waals surface area contributed by atoms with Gasteiger partial charge in [-0.05, 0) is 24.0 Å². The zero-order valence-corrected chi connectivity index (χ0v) is 10.8. The monoisotopic (exact) mass is 269 g/mol. The molecule has 0 aliphatic heterocycles. The fourth-order valence-corrected chi connectivity index (χ4v) is 2.37. The number of carboxylic acid groups (broad SMARTS) is 1. The number of benzene rings is 1. The predicted octanol–water partition coefficient (Wildman–Crippen LogP) is 0.852. The van der Waals surface area contributed by atoms with Gasteiger partial charge in [-0.2, -0.15) is 0 Å². The Morgan fingerprint density at radius 1 is 1.44 bits per heavy atom. The molecule has 0 radical (unpaired) electrons. The summed E-state index contributed by atoms with van der Waals surface area (Å²) in [4.78, 5) is 11.2. The van der Waals surface area contributed by atoms with Crippen LogP contribution in [0.1, 0.15) is 24.0 Å². The first-order valence-corrected chi connectivity index (χ1v) is 7.50. The normalized spacial score (nSPS) is 17.4. The molecule has 2 rings (SSSR count). The molecule has 1 aromatic carbocycles. The number of carboxylic acids is 1. The molecule has 0 spiro atoms. The molecular weight excluding hydrogens is 254 g/mol. The second-order valence-corrected chi connectivity index (χ2v) is 6.51. The number of sulfonamides is 1. The van der Waals surface area contributed by atoms with Gasteiger partial charge >= 0.3 is 5.97 Å². The Bertz CT molecular complexity index is 575. The molecule has 5 nitrogen and oxygen atoms in total. The molecule has 0 bridgehead atoms. The van der Waals surface area contributed by atoms with E-state index in [1.165, 1.54) is 0 Å². The molecule has 1 aromatic rings. The summed E-state index contributed by atoms with van der Waals surface area (Å²) in [5, 5.41) is 9.20. The topological polar surface area (TPSA) is 83.5 Å². The molecule has 98 valence electrons. The lowest BCUT2D eigenvalue weighted by Crippen LogP contribution is -2.22. The second kappa shape index (κ2) is 4.37. The van der Waals surface area contributed by atoms with Crippen LogP contribution in [-0.2, 0) is 26.8 Å². The van der Waals surface area contributed by atoms with Gasteiger partial charge < -0.3 is 5.11 Å². The SMILES string of the molecule is CS(=O)(=O)NCc1cccc(C2(C(=O)O)CC2)c1. The summed E-state index contributed by atoms with van der Waals surface area (Å²) < 4.78 is 24.4. The van der Waals surface area contributed by atoms with Gasteiger partial charge in [-0.15, -0.1) is 0 Å². The van der Waals surface area contributed by atoms with Gasteiger partial charge in [0.05, 0.1) is 11.7 Å². The fourth-order valence-electron chi connectivity index (χ4n) is 1.94. The van der Waals surface area contributed by atoms with E-state index in [-0.39, 0.29) is 6.54 Å². The van der Waals surface area contributed by atoms with Crippen molar-refractivity contribution in [2.45, 2.75) is 24.8 Å². The molecule has 1 fully saturated rings. The molecule has 6 heteroatoms. The van der Waals surface area contributed by atoms with Crippen LogP contribution in [-0.4, -0.2) is 25.7 Å². The summed E-state index contributed by atoms with van der Waals surface area (Å²) in [5.41, 5.74) is 0.773. The zero-order chi connectivity index (χ0) is 13.4. The van der Waals surface area contributed by atoms with Crippen molar-refractivity contribution in [1.29, 1.82) is 0 Å². The minimum atomic E-state index is -3.24. The summed E-state index contributed by atoms with van der Waals surface area (Å²) in [7, 11) is -3.24. The average molecular weight is 269 g/mol. The number of hydrogen-bond donors (Lipinski definition) is 2. The van der Waals surface area contributed by atoms with Crippen molar-refractivity contribution >= 4 is 16.0 Å². The molecule has 0 saturated heterocycles. The van der Waals surface area contributed by atoms with Crippen LogP contribution in [0.2, 0.25) is 0 Å². The Labute approximate surface area is 106 Å². The maximum absolute atomic E-state index is 11.2. The lowest BCUT2D eigenvalue weighted by molar-refractivity contribution is -0.140. The van der Waals surface area contributed by atoms with Crippen molar-refractivity contribution in [3.63, 3.8) is 0 Å². The van der Waals surface area contributed by atoms with Crippen LogP contribution in [0, 0.1) is 0 Å². The Hall–Kier alpha value is -1.40. The van der Waals surface area contributed by atoms with Gasteiger partial charge in [0.15, 0.2) is 0 Å². The Morgan fingerprint density at radius 3 is 2.61 bits per heavy atom. The summed E-state index contributed by atoms with van der Waals surface area (Å²) in [6.45, 7) is 0.183. The smallest absolute Gasteiger partial charge is 0.314 e. The number of hydrogen-bond acceptors (Lipinski definition) is 3. The molecule has 0 aromatic heterocycles. The number of rotatable bonds is 5. The van der Waals surface area contributed by atoms with E-state index in [4.69, 9.17) is 0 Å². The fraction of sp³-hybridized carbons (Fsp3) is 0.417. The number of nitrogens with one attached hydrogen (secondary N) is 1. The van der Waals surface area contributed by atoms with Gasteiger partial charge in [0, 0.05) is 6.54 Å². The third kappa shape index (κ3) is 2.70. The zero-order valence-electron chi connectivity index (χ0n) is 10.0. The van der Waals surface area contributed by atoms with E-state index in [0.717, 1.165) is 17.4 Å². The molecule has 0 heterocycles. The van der Waals surface area contributed by atoms with Gasteiger partial charge in [-0.1, -0.05) is 24.3 Å². The lowest BCUT2D eigenvalue weighted by atomic mass is 9.94. The van der Waals surface area contributed by atoms with Crippen LogP contribution < -0.4 is 4.72 Å². The predicted molar refractivity (Wildman–Crippen MR) is 66.7 cm³/mol. The summed E-state index contributed by atoms with van der Waals surface area (Å²) >= 11 is 0. The average Bonchev–Trinajstić information content (AvgIpc) is 3.07. The van der Waals surface area contributed by atoms with Crippen molar-refractivity contribution < 1.29 is 18.3 Å². The second-order valence-electron chi connectivity index (χ2n) is 4.68. The number of aliphatic carboxylic acids is 1. The van der Waals surface area contributed by atoms with E-state index in [1.54, 1.807) is 24.3 Å². The Kier molecular flexibility index (Phi) is 3.16. The minimum absolute atomic E-state index is 0.183. The van der Waals surface area contributed by atoms with E-state index in [1.807, 2.05) is 0 Å². The number of carbonyl (C=O) groups is 1. The molecule has 18 heavy (non-hydrogen) atoms. The quantitative estimate of drug-likeness (QED) is 0.830. The van der Waals surface area contributed by atoms with E-state index in [9.17, 15) is 18.3 Å².